The van der Waals surface area contributed by atoms with Gasteiger partial charge in [0.1, 0.15) is 28.3 Å². The van der Waals surface area contributed by atoms with Crippen LogP contribution in [0.1, 0.15) is 72.0 Å². The fraction of sp³-hybridized carbons (Fsp3) is 0.429. The first-order valence-electron chi connectivity index (χ1n) is 12.7. The first kappa shape index (κ1) is 28.3. The molecule has 1 saturated carbocycles. The number of amides is 1. The fourth-order valence-corrected chi connectivity index (χ4v) is 5.89. The van der Waals surface area contributed by atoms with Gasteiger partial charge in [0.15, 0.2) is 0 Å². The molecule has 212 valence electrons. The molecule has 2 aliphatic rings. The summed E-state index contributed by atoms with van der Waals surface area (Å²) >= 11 is -1.66. The second-order valence-electron chi connectivity index (χ2n) is 11.2. The van der Waals surface area contributed by atoms with Crippen molar-refractivity contribution in [1.82, 2.24) is 14.8 Å². The number of fused-ring (bicyclic) bond motifs is 1. The highest BCUT2D eigenvalue weighted by atomic mass is 32.2. The molecule has 1 aliphatic carbocycles. The van der Waals surface area contributed by atoms with Crippen molar-refractivity contribution in [3.63, 3.8) is 0 Å². The number of methoxy groups -OCH3 is 1. The average molecular weight is 574 g/mol. The monoisotopic (exact) mass is 573 g/mol. The molecule has 5 rings (SSSR count). The minimum Gasteiger partial charge on any atom is -0.591 e. The zero-order chi connectivity index (χ0) is 29.0. The number of benzene rings is 2. The second kappa shape index (κ2) is 10.0. The van der Waals surface area contributed by atoms with Crippen LogP contribution in [-0.4, -0.2) is 49.4 Å². The number of halogens is 3. The van der Waals surface area contributed by atoms with Gasteiger partial charge in [-0.25, -0.2) is 0 Å². The number of anilines is 1. The van der Waals surface area contributed by atoms with Gasteiger partial charge in [0.25, 0.3) is 5.91 Å². The molecule has 3 aromatic rings. The van der Waals surface area contributed by atoms with Gasteiger partial charge in [0.2, 0.25) is 0 Å². The maximum Gasteiger partial charge on any atom is 0.416 e. The number of aromatic nitrogens is 3. The van der Waals surface area contributed by atoms with Gasteiger partial charge >= 0.3 is 6.18 Å². The molecule has 2 aromatic carbocycles. The van der Waals surface area contributed by atoms with Crippen LogP contribution in [0.25, 0.3) is 0 Å². The largest absolute Gasteiger partial charge is 0.591 e. The smallest absolute Gasteiger partial charge is 0.416 e. The number of hydrogen-bond acceptors (Lipinski definition) is 6. The van der Waals surface area contributed by atoms with Gasteiger partial charge in [-0.05, 0) is 74.6 Å². The van der Waals surface area contributed by atoms with Crippen LogP contribution in [-0.2, 0) is 41.3 Å². The van der Waals surface area contributed by atoms with Crippen molar-refractivity contribution >= 4 is 29.2 Å². The Balaban J connectivity index is 1.52. The summed E-state index contributed by atoms with van der Waals surface area (Å²) < 4.78 is 65.4. The second-order valence-corrected chi connectivity index (χ2v) is 13.2. The normalized spacial score (nSPS) is 22.1. The summed E-state index contributed by atoms with van der Waals surface area (Å²) in [5.74, 6) is 0.214. The molecule has 1 unspecified atom stereocenters. The van der Waals surface area contributed by atoms with Crippen molar-refractivity contribution in [2.45, 2.75) is 62.6 Å². The van der Waals surface area contributed by atoms with E-state index in [2.05, 4.69) is 14.6 Å². The lowest BCUT2D eigenvalue weighted by molar-refractivity contribution is -0.138. The average Bonchev–Trinajstić information content (AvgIpc) is 3.44. The molecule has 1 aromatic heterocycles. The van der Waals surface area contributed by atoms with E-state index >= 15 is 0 Å². The Morgan fingerprint density at radius 3 is 2.52 bits per heavy atom. The maximum absolute atomic E-state index is 14.1. The maximum atomic E-state index is 14.1. The zero-order valence-electron chi connectivity index (χ0n) is 22.8. The lowest BCUT2D eigenvalue weighted by Crippen LogP contribution is -2.48. The molecule has 1 aliphatic heterocycles. The van der Waals surface area contributed by atoms with Crippen molar-refractivity contribution in [3.8, 4) is 0 Å². The van der Waals surface area contributed by atoms with Crippen molar-refractivity contribution in [1.29, 1.82) is 0 Å². The molecule has 8 nitrogen and oxygen atoms in total. The van der Waals surface area contributed by atoms with E-state index in [0.29, 0.717) is 18.5 Å². The number of ether oxygens (including phenoxy) is 1. The Labute approximate surface area is 233 Å². The van der Waals surface area contributed by atoms with Gasteiger partial charge in [0.05, 0.1) is 29.8 Å². The summed E-state index contributed by atoms with van der Waals surface area (Å²) in [6, 6.07) is 9.62. The third kappa shape index (κ3) is 4.92. The van der Waals surface area contributed by atoms with Crippen LogP contribution in [0.4, 0.5) is 18.9 Å². The van der Waals surface area contributed by atoms with Crippen LogP contribution in [0.15, 0.2) is 47.1 Å². The summed E-state index contributed by atoms with van der Waals surface area (Å²) in [7, 11) is 3.51. The predicted molar refractivity (Wildman–Crippen MR) is 146 cm³/mol. The van der Waals surface area contributed by atoms with E-state index in [9.17, 15) is 22.5 Å². The van der Waals surface area contributed by atoms with Crippen LogP contribution >= 0.6 is 0 Å². The highest BCUT2D eigenvalue weighted by molar-refractivity contribution is 7.91. The summed E-state index contributed by atoms with van der Waals surface area (Å²) in [6.07, 6.45) is -0.583. The third-order valence-electron chi connectivity index (χ3n) is 7.53. The number of alkyl halides is 3. The molecule has 2 heterocycles. The van der Waals surface area contributed by atoms with Crippen LogP contribution < -0.4 is 4.90 Å². The van der Waals surface area contributed by atoms with E-state index in [1.807, 2.05) is 23.7 Å². The fourth-order valence-electron chi connectivity index (χ4n) is 5.35. The van der Waals surface area contributed by atoms with E-state index < -0.39 is 39.2 Å². The van der Waals surface area contributed by atoms with Crippen molar-refractivity contribution in [2.75, 3.05) is 12.0 Å². The first-order chi connectivity index (χ1) is 18.7. The SMILES string of the molecule is COC1CC(c2cccc(N3Cc4c(cc(/C=N\[S+]([O-])C(C)(C)C)cc4C(F)(F)F)C3=O)c2)(c2nncn2C)C1. The molecule has 0 N–H and O–H groups in total. The summed E-state index contributed by atoms with van der Waals surface area (Å²) in [5, 5.41) is 8.38. The Morgan fingerprint density at radius 2 is 1.93 bits per heavy atom. The van der Waals surface area contributed by atoms with Gasteiger partial charge < -0.3 is 18.8 Å². The standard InChI is InChI=1S/C28H30F3N5O3S/c1-26(2,3)40(38)33-14-17-9-21-22(23(10-17)28(29,30)31)15-36(24(21)37)19-8-6-7-18(11-19)27(12-20(13-27)39-5)25-34-32-16-35(25)4/h6-11,14,16,20H,12-13,15H2,1-5H3/b33-14-. The Kier molecular flexibility index (Phi) is 7.08. The van der Waals surface area contributed by atoms with E-state index in [1.54, 1.807) is 46.3 Å². The van der Waals surface area contributed by atoms with Crippen LogP contribution in [0.3, 0.4) is 0 Å². The summed E-state index contributed by atoms with van der Waals surface area (Å²) in [6.45, 7) is 4.92. The number of carbonyl (C=O) groups is 1. The highest BCUT2D eigenvalue weighted by Crippen LogP contribution is 2.50. The molecule has 0 bridgehead atoms. The van der Waals surface area contributed by atoms with E-state index in [1.165, 1.54) is 11.0 Å². The van der Waals surface area contributed by atoms with Crippen molar-refractivity contribution in [2.24, 2.45) is 11.4 Å². The van der Waals surface area contributed by atoms with Crippen LogP contribution in [0, 0.1) is 0 Å². The zero-order valence-corrected chi connectivity index (χ0v) is 23.6. The molecule has 1 fully saturated rings. The highest BCUT2D eigenvalue weighted by Gasteiger charge is 2.50. The Morgan fingerprint density at radius 1 is 1.20 bits per heavy atom. The summed E-state index contributed by atoms with van der Waals surface area (Å²) in [5.41, 5.74) is -0.116. The van der Waals surface area contributed by atoms with E-state index in [0.717, 1.165) is 23.7 Å². The quantitative estimate of drug-likeness (QED) is 0.307. The van der Waals surface area contributed by atoms with Gasteiger partial charge in [0, 0.05) is 25.4 Å². The van der Waals surface area contributed by atoms with Crippen LogP contribution in [0.2, 0.25) is 0 Å². The Bertz CT molecular complexity index is 1470. The Hall–Kier alpha value is -3.22. The number of hydrogen-bond donors (Lipinski definition) is 0. The molecule has 0 saturated heterocycles. The third-order valence-corrected chi connectivity index (χ3v) is 8.87. The molecular weight excluding hydrogens is 543 g/mol. The van der Waals surface area contributed by atoms with Crippen molar-refractivity contribution in [3.05, 3.63) is 76.4 Å². The van der Waals surface area contributed by atoms with Crippen molar-refractivity contribution < 1.29 is 27.3 Å². The molecule has 40 heavy (non-hydrogen) atoms. The lowest BCUT2D eigenvalue weighted by atomic mass is 9.62. The number of rotatable bonds is 6. The van der Waals surface area contributed by atoms with Gasteiger partial charge in [-0.1, -0.05) is 16.5 Å². The number of aryl methyl sites for hydroxylation is 1. The van der Waals surface area contributed by atoms with Gasteiger partial charge in [-0.3, -0.25) is 4.79 Å². The van der Waals surface area contributed by atoms with E-state index in [-0.39, 0.29) is 29.3 Å². The van der Waals surface area contributed by atoms with Gasteiger partial charge in [-0.15, -0.1) is 10.2 Å². The number of nitrogens with zero attached hydrogens (tertiary/aromatic N) is 5. The molecule has 1 amide bonds. The summed E-state index contributed by atoms with van der Waals surface area (Å²) in [4.78, 5) is 14.9. The molecule has 1 atom stereocenters. The molecule has 0 radical (unpaired) electrons. The van der Waals surface area contributed by atoms with Gasteiger partial charge in [-0.2, -0.15) is 13.2 Å². The topological polar surface area (TPSA) is 95.7 Å². The number of carbonyl (C=O) groups excluding carboxylic acids is 1. The van der Waals surface area contributed by atoms with Crippen LogP contribution in [0.5, 0.6) is 0 Å². The van der Waals surface area contributed by atoms with E-state index in [4.69, 9.17) is 4.74 Å². The molecule has 0 spiro atoms. The minimum atomic E-state index is -4.69. The molecular formula is C28H30F3N5O3S. The molecule has 12 heteroatoms. The lowest BCUT2D eigenvalue weighted by Gasteiger charge is -2.46. The predicted octanol–water partition coefficient (Wildman–Crippen LogP) is 4.97. The first-order valence-corrected chi connectivity index (χ1v) is 13.8. The minimum absolute atomic E-state index is 0.0278.